The lowest BCUT2D eigenvalue weighted by molar-refractivity contribution is -0.117. The molecule has 3 N–H and O–H groups in total. The number of benzene rings is 1. The number of hydrogen-bond donors (Lipinski definition) is 3. The van der Waals surface area contributed by atoms with Gasteiger partial charge in [-0.15, -0.1) is 16.4 Å². The van der Waals surface area contributed by atoms with Crippen molar-refractivity contribution in [2.75, 3.05) is 10.2 Å². The summed E-state index contributed by atoms with van der Waals surface area (Å²) < 4.78 is 5.79. The molecule has 1 saturated carbocycles. The molecule has 2 atom stereocenters. The number of aromatic nitrogens is 3. The van der Waals surface area contributed by atoms with Gasteiger partial charge in [0.1, 0.15) is 15.5 Å². The van der Waals surface area contributed by atoms with Gasteiger partial charge in [0, 0.05) is 30.5 Å². The standard InChI is InChI=1S/C28H25N7O4S/c1-3-21(36)31-17-6-4-7-18(17)32-26(37)25-24-23-20(11-13-29-27(23)40-25)35(28(38)33-24)19-10-9-16(14-15(19)2)39-22-8-5-12-30-34-22/h3,5,8-14,17-18H,1,4,6-7H2,2H3,(H,31,36)(H,32,37)(H,33,38). The largest absolute Gasteiger partial charge is 0.438 e. The summed E-state index contributed by atoms with van der Waals surface area (Å²) >= 11 is 1.22. The van der Waals surface area contributed by atoms with Crippen molar-refractivity contribution < 1.29 is 19.1 Å². The molecular formula is C28H25N7O4S. The molecule has 1 aliphatic carbocycles. The summed E-state index contributed by atoms with van der Waals surface area (Å²) in [6, 6.07) is 9.79. The smallest absolute Gasteiger partial charge is 0.331 e. The van der Waals surface area contributed by atoms with Crippen LogP contribution >= 0.6 is 11.3 Å². The van der Waals surface area contributed by atoms with Gasteiger partial charge in [0.2, 0.25) is 11.8 Å². The maximum Gasteiger partial charge on any atom is 0.331 e. The maximum absolute atomic E-state index is 13.5. The first-order valence-electron chi connectivity index (χ1n) is 12.8. The Labute approximate surface area is 233 Å². The fourth-order valence-electron chi connectivity index (χ4n) is 5.17. The van der Waals surface area contributed by atoms with E-state index in [1.165, 1.54) is 17.4 Å². The zero-order valence-corrected chi connectivity index (χ0v) is 22.3. The van der Waals surface area contributed by atoms with Crippen molar-refractivity contribution in [1.82, 2.24) is 25.8 Å². The fourth-order valence-corrected chi connectivity index (χ4v) is 6.19. The summed E-state index contributed by atoms with van der Waals surface area (Å²) in [6.45, 7) is 5.38. The third kappa shape index (κ3) is 4.62. The number of carbonyl (C=O) groups excluding carboxylic acids is 3. The van der Waals surface area contributed by atoms with E-state index in [2.05, 4.69) is 37.7 Å². The van der Waals surface area contributed by atoms with E-state index in [9.17, 15) is 14.4 Å². The van der Waals surface area contributed by atoms with Crippen LogP contribution in [0, 0.1) is 6.92 Å². The second-order valence-electron chi connectivity index (χ2n) is 9.52. The second-order valence-corrected chi connectivity index (χ2v) is 10.5. The first-order chi connectivity index (χ1) is 19.4. The molecule has 202 valence electrons. The molecule has 1 fully saturated rings. The van der Waals surface area contributed by atoms with Gasteiger partial charge < -0.3 is 20.7 Å². The molecule has 2 aliphatic rings. The van der Waals surface area contributed by atoms with Gasteiger partial charge in [-0.2, -0.15) is 5.10 Å². The number of nitrogens with zero attached hydrogens (tertiary/aromatic N) is 4. The van der Waals surface area contributed by atoms with Gasteiger partial charge in [0.25, 0.3) is 5.91 Å². The Hall–Kier alpha value is -4.84. The van der Waals surface area contributed by atoms with E-state index >= 15 is 0 Å². The highest BCUT2D eigenvalue weighted by molar-refractivity contribution is 7.21. The van der Waals surface area contributed by atoms with Crippen molar-refractivity contribution in [3.63, 3.8) is 0 Å². The Morgan fingerprint density at radius 2 is 1.98 bits per heavy atom. The van der Waals surface area contributed by atoms with Crippen molar-refractivity contribution in [2.45, 2.75) is 38.3 Å². The molecule has 0 radical (unpaired) electrons. The number of aryl methyl sites for hydroxylation is 1. The summed E-state index contributed by atoms with van der Waals surface area (Å²) in [7, 11) is 0. The molecule has 0 spiro atoms. The maximum atomic E-state index is 13.5. The number of ether oxygens (including phenoxy) is 1. The average molecular weight is 556 g/mol. The van der Waals surface area contributed by atoms with Gasteiger partial charge in [0.05, 0.1) is 22.4 Å². The molecule has 6 rings (SSSR count). The average Bonchev–Trinajstić information content (AvgIpc) is 3.55. The zero-order valence-electron chi connectivity index (χ0n) is 21.5. The zero-order chi connectivity index (χ0) is 27.8. The second kappa shape index (κ2) is 10.4. The van der Waals surface area contributed by atoms with Crippen molar-refractivity contribution in [3.05, 3.63) is 71.9 Å². The van der Waals surface area contributed by atoms with Crippen LogP contribution in [0.15, 0.2) is 61.4 Å². The van der Waals surface area contributed by atoms with Gasteiger partial charge in [-0.3, -0.25) is 14.5 Å². The van der Waals surface area contributed by atoms with Gasteiger partial charge >= 0.3 is 6.03 Å². The minimum Gasteiger partial charge on any atom is -0.438 e. The van der Waals surface area contributed by atoms with Crippen LogP contribution in [-0.4, -0.2) is 45.1 Å². The van der Waals surface area contributed by atoms with E-state index in [0.717, 1.165) is 24.8 Å². The molecule has 2 unspecified atom stereocenters. The van der Waals surface area contributed by atoms with Crippen LogP contribution in [0.25, 0.3) is 10.2 Å². The van der Waals surface area contributed by atoms with Gasteiger partial charge in [-0.25, -0.2) is 9.78 Å². The first-order valence-corrected chi connectivity index (χ1v) is 13.6. The van der Waals surface area contributed by atoms with Crippen LogP contribution < -0.4 is 25.6 Å². The molecule has 0 bridgehead atoms. The lowest BCUT2D eigenvalue weighted by atomic mass is 10.1. The minimum absolute atomic E-state index is 0.178. The van der Waals surface area contributed by atoms with Crippen molar-refractivity contribution >= 4 is 56.5 Å². The quantitative estimate of drug-likeness (QED) is 0.278. The third-order valence-electron chi connectivity index (χ3n) is 6.98. The summed E-state index contributed by atoms with van der Waals surface area (Å²) in [5.74, 6) is 0.336. The van der Waals surface area contributed by atoms with Crippen LogP contribution in [-0.2, 0) is 4.79 Å². The number of pyridine rings is 1. The van der Waals surface area contributed by atoms with Gasteiger partial charge in [0.15, 0.2) is 0 Å². The fraction of sp³-hybridized carbons (Fsp3) is 0.214. The molecule has 3 aromatic heterocycles. The molecule has 0 saturated heterocycles. The highest BCUT2D eigenvalue weighted by Crippen LogP contribution is 2.46. The molecule has 11 nitrogen and oxygen atoms in total. The Kier molecular flexibility index (Phi) is 6.60. The van der Waals surface area contributed by atoms with E-state index in [4.69, 9.17) is 4.74 Å². The first kappa shape index (κ1) is 25.4. The molecule has 1 aromatic carbocycles. The van der Waals surface area contributed by atoms with E-state index in [1.54, 1.807) is 47.6 Å². The Morgan fingerprint density at radius 3 is 2.73 bits per heavy atom. The summed E-state index contributed by atoms with van der Waals surface area (Å²) in [6.07, 6.45) is 6.81. The Bertz CT molecular complexity index is 1660. The predicted octanol–water partition coefficient (Wildman–Crippen LogP) is 4.82. The SMILES string of the molecule is C=CC(=O)NC1CCCC1NC(=O)c1sc2nccc3c2c1NC(=O)N3c1ccc(Oc2cccnn2)cc1C. The number of hydrogen-bond acceptors (Lipinski definition) is 8. The van der Waals surface area contributed by atoms with Crippen molar-refractivity contribution in [3.8, 4) is 11.6 Å². The van der Waals surface area contributed by atoms with Gasteiger partial charge in [-0.1, -0.05) is 6.58 Å². The number of urea groups is 1. The highest BCUT2D eigenvalue weighted by atomic mass is 32.1. The summed E-state index contributed by atoms with van der Waals surface area (Å²) in [5.41, 5.74) is 2.52. The van der Waals surface area contributed by atoms with Gasteiger partial charge in [-0.05, 0) is 68.2 Å². The minimum atomic E-state index is -0.393. The third-order valence-corrected chi connectivity index (χ3v) is 8.07. The van der Waals surface area contributed by atoms with Crippen LogP contribution in [0.5, 0.6) is 11.6 Å². The molecule has 1 aliphatic heterocycles. The molecule has 40 heavy (non-hydrogen) atoms. The lowest BCUT2D eigenvalue weighted by Crippen LogP contribution is -2.48. The Balaban J connectivity index is 1.30. The molecular weight excluding hydrogens is 530 g/mol. The number of nitrogens with one attached hydrogen (secondary N) is 3. The number of carbonyl (C=O) groups is 3. The Morgan fingerprint density at radius 1 is 1.15 bits per heavy atom. The molecule has 12 heteroatoms. The lowest BCUT2D eigenvalue weighted by Gasteiger charge is -2.29. The van der Waals surface area contributed by atoms with Crippen molar-refractivity contribution in [2.24, 2.45) is 0 Å². The van der Waals surface area contributed by atoms with E-state index in [-0.39, 0.29) is 23.9 Å². The number of thiophene rings is 1. The highest BCUT2D eigenvalue weighted by Gasteiger charge is 2.35. The summed E-state index contributed by atoms with van der Waals surface area (Å²) in [4.78, 5) is 45.8. The van der Waals surface area contributed by atoms with E-state index in [0.29, 0.717) is 43.8 Å². The topological polar surface area (TPSA) is 138 Å². The van der Waals surface area contributed by atoms with Crippen LogP contribution in [0.4, 0.5) is 21.9 Å². The number of amides is 4. The summed E-state index contributed by atoms with van der Waals surface area (Å²) in [5, 5.41) is 17.3. The number of anilines is 3. The van der Waals surface area contributed by atoms with Crippen molar-refractivity contribution in [1.29, 1.82) is 0 Å². The van der Waals surface area contributed by atoms with Crippen LogP contribution in [0.2, 0.25) is 0 Å². The van der Waals surface area contributed by atoms with Crippen LogP contribution in [0.1, 0.15) is 34.5 Å². The molecule has 4 heterocycles. The normalized spacial score (nSPS) is 17.8. The number of rotatable bonds is 7. The predicted molar refractivity (Wildman–Crippen MR) is 151 cm³/mol. The molecule has 4 amide bonds. The molecule has 4 aromatic rings. The van der Waals surface area contributed by atoms with E-state index < -0.39 is 6.03 Å². The monoisotopic (exact) mass is 555 g/mol. The van der Waals surface area contributed by atoms with E-state index in [1.807, 2.05) is 13.0 Å². The van der Waals surface area contributed by atoms with Crippen LogP contribution in [0.3, 0.4) is 0 Å².